The Morgan fingerprint density at radius 1 is 1.00 bits per heavy atom. The smallest absolute Gasteiger partial charge is 0.400 e. The number of hydrogen-bond donors (Lipinski definition) is 0. The van der Waals surface area contributed by atoms with E-state index in [1.54, 1.807) is 5.57 Å². The van der Waals surface area contributed by atoms with Gasteiger partial charge in [0.15, 0.2) is 0 Å². The fourth-order valence-electron chi connectivity index (χ4n) is 4.75. The molecule has 5 heteroatoms. The monoisotopic (exact) mass is 424 g/mol. The average molecular weight is 425 g/mol. The molecule has 0 saturated heterocycles. The second kappa shape index (κ2) is 10.5. The molecule has 0 aliphatic heterocycles. The van der Waals surface area contributed by atoms with E-state index in [4.69, 9.17) is 4.74 Å². The lowest BCUT2D eigenvalue weighted by Gasteiger charge is -2.33. The van der Waals surface area contributed by atoms with Gasteiger partial charge in [0.25, 0.3) is 0 Å². The minimum Gasteiger partial charge on any atom is -0.432 e. The highest BCUT2D eigenvalue weighted by Crippen LogP contribution is 2.41. The van der Waals surface area contributed by atoms with Crippen LogP contribution >= 0.6 is 0 Å². The van der Waals surface area contributed by atoms with E-state index in [9.17, 15) is 17.6 Å². The van der Waals surface area contributed by atoms with Gasteiger partial charge in [-0.15, -0.1) is 6.58 Å². The van der Waals surface area contributed by atoms with E-state index in [1.807, 2.05) is 0 Å². The number of hydrogen-bond acceptors (Lipinski definition) is 1. The van der Waals surface area contributed by atoms with Gasteiger partial charge in [0, 0.05) is 18.2 Å². The summed E-state index contributed by atoms with van der Waals surface area (Å²) in [6.45, 7) is 3.87. The van der Waals surface area contributed by atoms with Gasteiger partial charge in [-0.25, -0.2) is 8.78 Å². The van der Waals surface area contributed by atoms with Crippen LogP contribution in [0, 0.1) is 29.4 Å². The first-order valence-electron chi connectivity index (χ1n) is 11.2. The predicted octanol–water partition coefficient (Wildman–Crippen LogP) is 8.22. The molecule has 0 radical (unpaired) electrons. The molecule has 2 aliphatic rings. The van der Waals surface area contributed by atoms with Crippen LogP contribution in [-0.4, -0.2) is 6.11 Å². The summed E-state index contributed by atoms with van der Waals surface area (Å²) in [5, 5.41) is 0. The Hall–Kier alpha value is -1.78. The summed E-state index contributed by atoms with van der Waals surface area (Å²) in [4.78, 5) is 0. The Kier molecular flexibility index (Phi) is 8.01. The zero-order chi connectivity index (χ0) is 21.6. The maximum Gasteiger partial charge on any atom is 0.400 e. The lowest BCUT2D eigenvalue weighted by atomic mass is 9.79. The highest BCUT2D eigenvalue weighted by atomic mass is 19.3. The van der Waals surface area contributed by atoms with E-state index in [1.165, 1.54) is 12.8 Å². The van der Waals surface area contributed by atoms with Crippen molar-refractivity contribution in [1.29, 1.82) is 0 Å². The molecule has 30 heavy (non-hydrogen) atoms. The molecular formula is C25H32F4O. The van der Waals surface area contributed by atoms with Gasteiger partial charge in [-0.1, -0.05) is 30.6 Å². The summed E-state index contributed by atoms with van der Waals surface area (Å²) >= 11 is 0. The van der Waals surface area contributed by atoms with Crippen molar-refractivity contribution in [3.63, 3.8) is 0 Å². The fourth-order valence-corrected chi connectivity index (χ4v) is 4.75. The molecular weight excluding hydrogens is 392 g/mol. The molecule has 3 rings (SSSR count). The molecule has 0 amide bonds. The SMILES string of the molecule is C=CC1CC=C(CCCCC2CCC(C(F)(F)Oc3cc(F)cc(F)c3)CC2)CC1. The number of allylic oxidation sites excluding steroid dienone is 3. The highest BCUT2D eigenvalue weighted by molar-refractivity contribution is 5.24. The van der Waals surface area contributed by atoms with Gasteiger partial charge in [-0.2, -0.15) is 8.78 Å². The molecule has 166 valence electrons. The summed E-state index contributed by atoms with van der Waals surface area (Å²) in [5.41, 5.74) is 1.56. The molecule has 1 nitrogen and oxygen atoms in total. The van der Waals surface area contributed by atoms with Gasteiger partial charge in [0.05, 0.1) is 5.92 Å². The first-order valence-corrected chi connectivity index (χ1v) is 11.2. The van der Waals surface area contributed by atoms with Crippen molar-refractivity contribution < 1.29 is 22.3 Å². The van der Waals surface area contributed by atoms with Crippen LogP contribution in [0.4, 0.5) is 17.6 Å². The Morgan fingerprint density at radius 3 is 2.30 bits per heavy atom. The zero-order valence-electron chi connectivity index (χ0n) is 17.5. The van der Waals surface area contributed by atoms with Crippen molar-refractivity contribution in [2.75, 3.05) is 0 Å². The minimum atomic E-state index is -3.41. The maximum absolute atomic E-state index is 14.5. The van der Waals surface area contributed by atoms with E-state index < -0.39 is 29.4 Å². The van der Waals surface area contributed by atoms with Crippen LogP contribution in [0.1, 0.15) is 70.6 Å². The van der Waals surface area contributed by atoms with E-state index >= 15 is 0 Å². The Labute approximate surface area is 177 Å². The van der Waals surface area contributed by atoms with Crippen LogP contribution in [0.3, 0.4) is 0 Å². The van der Waals surface area contributed by atoms with Crippen LogP contribution in [-0.2, 0) is 0 Å². The van der Waals surface area contributed by atoms with Crippen LogP contribution in [0.15, 0.2) is 42.5 Å². The molecule has 1 unspecified atom stereocenters. The van der Waals surface area contributed by atoms with E-state index in [0.29, 0.717) is 30.7 Å². The normalized spacial score (nSPS) is 24.9. The number of unbranched alkanes of at least 4 members (excludes halogenated alkanes) is 1. The molecule has 1 aromatic carbocycles. The molecule has 1 aromatic rings. The van der Waals surface area contributed by atoms with Crippen molar-refractivity contribution in [3.05, 3.63) is 54.1 Å². The van der Waals surface area contributed by atoms with Gasteiger partial charge >= 0.3 is 6.11 Å². The molecule has 2 aliphatic carbocycles. The minimum absolute atomic E-state index is 0.379. The molecule has 0 bridgehead atoms. The summed E-state index contributed by atoms with van der Waals surface area (Å²) in [6.07, 6.45) is 11.3. The summed E-state index contributed by atoms with van der Waals surface area (Å²) in [6, 6.07) is 2.23. The largest absolute Gasteiger partial charge is 0.432 e. The number of alkyl halides is 2. The molecule has 0 N–H and O–H groups in total. The molecule has 1 fully saturated rings. The third kappa shape index (κ3) is 6.61. The lowest BCUT2D eigenvalue weighted by Crippen LogP contribution is -2.37. The van der Waals surface area contributed by atoms with Crippen molar-refractivity contribution in [3.8, 4) is 5.75 Å². The quantitative estimate of drug-likeness (QED) is 0.220. The second-order valence-electron chi connectivity index (χ2n) is 8.86. The molecule has 0 aromatic heterocycles. The van der Waals surface area contributed by atoms with Gasteiger partial charge in [-0.3, -0.25) is 0 Å². The first-order chi connectivity index (χ1) is 14.4. The van der Waals surface area contributed by atoms with Crippen LogP contribution < -0.4 is 4.74 Å². The topological polar surface area (TPSA) is 9.23 Å². The summed E-state index contributed by atoms with van der Waals surface area (Å²) < 4.78 is 60.1. The van der Waals surface area contributed by atoms with E-state index in [0.717, 1.165) is 57.1 Å². The lowest BCUT2D eigenvalue weighted by molar-refractivity contribution is -0.223. The Morgan fingerprint density at radius 2 is 1.70 bits per heavy atom. The molecule has 1 saturated carbocycles. The standard InChI is InChI=1S/C25H32F4O/c1-2-18-7-9-19(10-8-18)5-3-4-6-20-11-13-21(14-12-20)25(28,29)30-24-16-22(26)15-23(27)17-24/h2,9,15-18,20-21H,1,3-8,10-14H2. The maximum atomic E-state index is 14.5. The molecule has 1 atom stereocenters. The van der Waals surface area contributed by atoms with Crippen LogP contribution in [0.2, 0.25) is 0 Å². The van der Waals surface area contributed by atoms with E-state index in [2.05, 4.69) is 18.7 Å². The van der Waals surface area contributed by atoms with Crippen LogP contribution in [0.5, 0.6) is 5.75 Å². The number of halogens is 4. The second-order valence-corrected chi connectivity index (χ2v) is 8.86. The zero-order valence-corrected chi connectivity index (χ0v) is 17.5. The summed E-state index contributed by atoms with van der Waals surface area (Å²) in [5.74, 6) is -2.11. The Bertz CT molecular complexity index is 714. The van der Waals surface area contributed by atoms with Gasteiger partial charge in [-0.05, 0) is 69.6 Å². The third-order valence-corrected chi connectivity index (χ3v) is 6.65. The molecule has 0 spiro atoms. The summed E-state index contributed by atoms with van der Waals surface area (Å²) in [7, 11) is 0. The van der Waals surface area contributed by atoms with Crippen LogP contribution in [0.25, 0.3) is 0 Å². The van der Waals surface area contributed by atoms with Crippen molar-refractivity contribution in [2.45, 2.75) is 76.7 Å². The number of rotatable bonds is 9. The van der Waals surface area contributed by atoms with E-state index in [-0.39, 0.29) is 0 Å². The number of benzene rings is 1. The average Bonchev–Trinajstić information content (AvgIpc) is 2.71. The van der Waals surface area contributed by atoms with Crippen molar-refractivity contribution in [2.24, 2.45) is 17.8 Å². The molecule has 0 heterocycles. The Balaban J connectivity index is 1.37. The van der Waals surface area contributed by atoms with Crippen molar-refractivity contribution in [1.82, 2.24) is 0 Å². The van der Waals surface area contributed by atoms with Gasteiger partial charge in [0.2, 0.25) is 0 Å². The third-order valence-electron chi connectivity index (χ3n) is 6.65. The van der Waals surface area contributed by atoms with Gasteiger partial charge in [0.1, 0.15) is 17.4 Å². The first kappa shape index (κ1) is 22.9. The predicted molar refractivity (Wildman–Crippen MR) is 111 cm³/mol. The van der Waals surface area contributed by atoms with Gasteiger partial charge < -0.3 is 4.74 Å². The van der Waals surface area contributed by atoms with Crippen molar-refractivity contribution >= 4 is 0 Å². The number of ether oxygens (including phenoxy) is 1. The fraction of sp³-hybridized carbons (Fsp3) is 0.600. The highest BCUT2D eigenvalue weighted by Gasteiger charge is 2.44.